The van der Waals surface area contributed by atoms with Crippen LogP contribution < -0.4 is 5.32 Å². The van der Waals surface area contributed by atoms with Crippen LogP contribution >= 0.6 is 0 Å². The van der Waals surface area contributed by atoms with E-state index in [2.05, 4.69) is 5.32 Å². The lowest BCUT2D eigenvalue weighted by Crippen LogP contribution is -1.90. The van der Waals surface area contributed by atoms with Crippen molar-refractivity contribution in [1.82, 2.24) is 5.32 Å². The molecule has 1 N–H and O–H groups in total. The summed E-state index contributed by atoms with van der Waals surface area (Å²) in [6.07, 6.45) is 0. The number of rotatable bonds is 1. The number of hydrogen-bond donors (Lipinski definition) is 1. The van der Waals surface area contributed by atoms with Crippen LogP contribution in [0.4, 0.5) is 8.78 Å². The van der Waals surface area contributed by atoms with E-state index in [-0.39, 0.29) is 6.04 Å². The van der Waals surface area contributed by atoms with Gasteiger partial charge in [-0.25, -0.2) is 8.78 Å². The van der Waals surface area contributed by atoms with Crippen LogP contribution in [0.3, 0.4) is 0 Å². The Balaban J connectivity index is 2.39. The highest BCUT2D eigenvalue weighted by atomic mass is 19.1. The molecule has 11 heavy (non-hydrogen) atoms. The first-order chi connectivity index (χ1) is 5.27. The molecule has 3 heteroatoms. The van der Waals surface area contributed by atoms with Crippen LogP contribution in [0.5, 0.6) is 0 Å². The molecule has 1 aliphatic rings. The predicted octanol–water partition coefficient (Wildman–Crippen LogP) is 1.61. The van der Waals surface area contributed by atoms with Crippen molar-refractivity contribution in [3.8, 4) is 0 Å². The second-order valence-electron chi connectivity index (χ2n) is 2.63. The van der Waals surface area contributed by atoms with E-state index in [1.54, 1.807) is 0 Å². The maximum Gasteiger partial charge on any atom is 0.130 e. The summed E-state index contributed by atoms with van der Waals surface area (Å²) in [7, 11) is 0. The van der Waals surface area contributed by atoms with Crippen molar-refractivity contribution in [2.75, 3.05) is 6.54 Å². The summed E-state index contributed by atoms with van der Waals surface area (Å²) in [5.74, 6) is -0.980. The Labute approximate surface area is 63.0 Å². The van der Waals surface area contributed by atoms with Crippen LogP contribution in [-0.4, -0.2) is 6.54 Å². The van der Waals surface area contributed by atoms with E-state index in [0.29, 0.717) is 5.56 Å². The lowest BCUT2D eigenvalue weighted by atomic mass is 10.1. The number of benzene rings is 1. The molecule has 1 aliphatic heterocycles. The van der Waals surface area contributed by atoms with Crippen LogP contribution in [0.25, 0.3) is 0 Å². The Kier molecular flexibility index (Phi) is 1.39. The Morgan fingerprint density at radius 2 is 2.09 bits per heavy atom. The third-order valence-electron chi connectivity index (χ3n) is 1.75. The highest BCUT2D eigenvalue weighted by Gasteiger charge is 2.25. The Morgan fingerprint density at radius 3 is 2.64 bits per heavy atom. The van der Waals surface area contributed by atoms with Crippen LogP contribution in [0, 0.1) is 11.6 Å². The molecule has 1 fully saturated rings. The van der Waals surface area contributed by atoms with Crippen LogP contribution in [0.15, 0.2) is 18.2 Å². The van der Waals surface area contributed by atoms with E-state index in [4.69, 9.17) is 0 Å². The molecule has 0 spiro atoms. The molecule has 0 amide bonds. The largest absolute Gasteiger partial charge is 0.307 e. The standard InChI is InChI=1S/C8H7F2N/c9-5-1-2-6(7(10)3-5)8-4-11-8/h1-3,8,11H,4H2. The number of nitrogens with one attached hydrogen (secondary N) is 1. The van der Waals surface area contributed by atoms with Crippen molar-refractivity contribution in [3.63, 3.8) is 0 Å². The molecule has 1 aromatic carbocycles. The maximum atomic E-state index is 12.9. The minimum atomic E-state index is -0.521. The van der Waals surface area contributed by atoms with Crippen molar-refractivity contribution in [2.24, 2.45) is 0 Å². The van der Waals surface area contributed by atoms with E-state index < -0.39 is 11.6 Å². The average Bonchev–Trinajstić information content (AvgIpc) is 2.70. The zero-order valence-corrected chi connectivity index (χ0v) is 5.77. The summed E-state index contributed by atoms with van der Waals surface area (Å²) >= 11 is 0. The van der Waals surface area contributed by atoms with Gasteiger partial charge >= 0.3 is 0 Å². The van der Waals surface area contributed by atoms with Gasteiger partial charge in [-0.05, 0) is 6.07 Å². The fourth-order valence-electron chi connectivity index (χ4n) is 1.06. The molecule has 1 atom stereocenters. The van der Waals surface area contributed by atoms with Gasteiger partial charge < -0.3 is 5.32 Å². The quantitative estimate of drug-likeness (QED) is 0.611. The fourth-order valence-corrected chi connectivity index (χ4v) is 1.06. The molecule has 0 aliphatic carbocycles. The number of hydrogen-bond acceptors (Lipinski definition) is 1. The normalized spacial score (nSPS) is 21.8. The monoisotopic (exact) mass is 155 g/mol. The Hall–Kier alpha value is -0.960. The molecule has 0 radical (unpaired) electrons. The molecule has 1 unspecified atom stereocenters. The van der Waals surface area contributed by atoms with Gasteiger partial charge in [0, 0.05) is 24.2 Å². The molecule has 0 bridgehead atoms. The van der Waals surface area contributed by atoms with Gasteiger partial charge in [0.05, 0.1) is 0 Å². The molecule has 1 saturated heterocycles. The minimum Gasteiger partial charge on any atom is -0.307 e. The van der Waals surface area contributed by atoms with Crippen LogP contribution in [-0.2, 0) is 0 Å². The zero-order chi connectivity index (χ0) is 7.84. The van der Waals surface area contributed by atoms with Crippen molar-refractivity contribution in [1.29, 1.82) is 0 Å². The third kappa shape index (κ3) is 1.24. The second-order valence-corrected chi connectivity index (χ2v) is 2.63. The molecule has 2 rings (SSSR count). The Bertz CT molecular complexity index is 281. The number of halogens is 2. The van der Waals surface area contributed by atoms with Gasteiger partial charge in [0.2, 0.25) is 0 Å². The van der Waals surface area contributed by atoms with Gasteiger partial charge in [0.15, 0.2) is 0 Å². The summed E-state index contributed by atoms with van der Waals surface area (Å²) in [6, 6.07) is 3.78. The minimum absolute atomic E-state index is 0.107. The van der Waals surface area contributed by atoms with Gasteiger partial charge in [0.25, 0.3) is 0 Å². The first-order valence-electron chi connectivity index (χ1n) is 3.46. The first-order valence-corrected chi connectivity index (χ1v) is 3.46. The zero-order valence-electron chi connectivity index (χ0n) is 5.77. The second kappa shape index (κ2) is 2.27. The predicted molar refractivity (Wildman–Crippen MR) is 37.1 cm³/mol. The summed E-state index contributed by atoms with van der Waals surface area (Å²) < 4.78 is 25.2. The van der Waals surface area contributed by atoms with Crippen molar-refractivity contribution < 1.29 is 8.78 Å². The molecule has 1 aromatic rings. The van der Waals surface area contributed by atoms with E-state index >= 15 is 0 Å². The molecule has 0 saturated carbocycles. The molecule has 1 nitrogen and oxygen atoms in total. The van der Waals surface area contributed by atoms with Crippen molar-refractivity contribution in [2.45, 2.75) is 6.04 Å². The summed E-state index contributed by atoms with van der Waals surface area (Å²) in [5, 5.41) is 2.95. The van der Waals surface area contributed by atoms with Gasteiger partial charge in [-0.2, -0.15) is 0 Å². The highest BCUT2D eigenvalue weighted by molar-refractivity contribution is 5.25. The Morgan fingerprint density at radius 1 is 1.36 bits per heavy atom. The first kappa shape index (κ1) is 6.73. The van der Waals surface area contributed by atoms with Gasteiger partial charge in [-0.3, -0.25) is 0 Å². The van der Waals surface area contributed by atoms with Crippen molar-refractivity contribution >= 4 is 0 Å². The lowest BCUT2D eigenvalue weighted by molar-refractivity contribution is 0.572. The lowest BCUT2D eigenvalue weighted by Gasteiger charge is -1.97. The fraction of sp³-hybridized carbons (Fsp3) is 0.250. The molecule has 1 heterocycles. The van der Waals surface area contributed by atoms with Gasteiger partial charge in [-0.1, -0.05) is 6.07 Å². The maximum absolute atomic E-state index is 12.9. The SMILES string of the molecule is Fc1ccc(C2CN2)c(F)c1. The summed E-state index contributed by atoms with van der Waals surface area (Å²) in [6.45, 7) is 0.794. The van der Waals surface area contributed by atoms with E-state index in [1.807, 2.05) is 0 Å². The average molecular weight is 155 g/mol. The molecule has 0 aromatic heterocycles. The van der Waals surface area contributed by atoms with Gasteiger partial charge in [0.1, 0.15) is 11.6 Å². The van der Waals surface area contributed by atoms with E-state index in [0.717, 1.165) is 12.6 Å². The summed E-state index contributed by atoms with van der Waals surface area (Å²) in [4.78, 5) is 0. The molecular weight excluding hydrogens is 148 g/mol. The smallest absolute Gasteiger partial charge is 0.130 e. The molecular formula is C8H7F2N. The molecule has 58 valence electrons. The van der Waals surface area contributed by atoms with Crippen molar-refractivity contribution in [3.05, 3.63) is 35.4 Å². The van der Waals surface area contributed by atoms with Crippen LogP contribution in [0.1, 0.15) is 11.6 Å². The third-order valence-corrected chi connectivity index (χ3v) is 1.75. The van der Waals surface area contributed by atoms with Gasteiger partial charge in [-0.15, -0.1) is 0 Å². The topological polar surface area (TPSA) is 21.9 Å². The van der Waals surface area contributed by atoms with E-state index in [1.165, 1.54) is 12.1 Å². The van der Waals surface area contributed by atoms with Crippen LogP contribution in [0.2, 0.25) is 0 Å². The van der Waals surface area contributed by atoms with E-state index in [9.17, 15) is 8.78 Å². The summed E-state index contributed by atoms with van der Waals surface area (Å²) in [5.41, 5.74) is 0.561. The highest BCUT2D eigenvalue weighted by Crippen LogP contribution is 2.24.